The number of rotatable bonds is 8. The maximum atomic E-state index is 11.9. The summed E-state index contributed by atoms with van der Waals surface area (Å²) in [7, 11) is 0. The van der Waals surface area contributed by atoms with Crippen molar-refractivity contribution in [1.29, 1.82) is 0 Å². The first-order chi connectivity index (χ1) is 16.2. The van der Waals surface area contributed by atoms with Crippen molar-refractivity contribution >= 4 is 17.9 Å². The lowest BCUT2D eigenvalue weighted by Crippen LogP contribution is -2.66. The van der Waals surface area contributed by atoms with Crippen LogP contribution < -0.4 is 11.0 Å². The SMILES string of the molecule is CCc1ccc(CC2=CN(C3O[C@H](CC)[C@@H](OC(C)=O)[C@H](OC(C)=O)[C@H]3OC(C)=O)NN2)cc1. The Kier molecular flexibility index (Phi) is 8.51. The fraction of sp³-hybridized carbons (Fsp3) is 0.542. The van der Waals surface area contributed by atoms with E-state index in [4.69, 9.17) is 18.9 Å². The summed E-state index contributed by atoms with van der Waals surface area (Å²) in [6, 6.07) is 8.36. The molecule has 1 unspecified atom stereocenters. The highest BCUT2D eigenvalue weighted by molar-refractivity contribution is 5.68. The maximum Gasteiger partial charge on any atom is 0.303 e. The van der Waals surface area contributed by atoms with Crippen LogP contribution in [0.25, 0.3) is 0 Å². The number of aryl methyl sites for hydroxylation is 1. The largest absolute Gasteiger partial charge is 0.456 e. The van der Waals surface area contributed by atoms with Gasteiger partial charge in [-0.2, -0.15) is 0 Å². The van der Waals surface area contributed by atoms with Crippen LogP contribution in [0.4, 0.5) is 0 Å². The fourth-order valence-electron chi connectivity index (χ4n) is 4.13. The topological polar surface area (TPSA) is 115 Å². The molecule has 1 aromatic rings. The minimum atomic E-state index is -1.05. The monoisotopic (exact) mass is 475 g/mol. The van der Waals surface area contributed by atoms with Crippen LogP contribution in [0.3, 0.4) is 0 Å². The van der Waals surface area contributed by atoms with Gasteiger partial charge < -0.3 is 24.4 Å². The number of hydrazine groups is 2. The summed E-state index contributed by atoms with van der Waals surface area (Å²) in [5.41, 5.74) is 9.39. The first kappa shape index (κ1) is 25.5. The standard InChI is InChI=1S/C24H33N3O7/c1-6-17-8-10-18(11-9-17)12-19-13-27(26-25-19)24-23(33-16(5)30)22(32-15(4)29)21(31-14(3)28)20(7-2)34-24/h8-11,13,20-26H,6-7,12H2,1-5H3/t20-,21-,22+,23-,24?/m1/s1. The first-order valence-corrected chi connectivity index (χ1v) is 11.5. The lowest BCUT2D eigenvalue weighted by atomic mass is 9.95. The molecule has 2 heterocycles. The van der Waals surface area contributed by atoms with Crippen molar-refractivity contribution in [1.82, 2.24) is 16.0 Å². The van der Waals surface area contributed by atoms with Crippen LogP contribution >= 0.6 is 0 Å². The molecule has 2 aliphatic rings. The van der Waals surface area contributed by atoms with Gasteiger partial charge in [-0.25, -0.2) is 0 Å². The number of hydrogen-bond donors (Lipinski definition) is 2. The predicted octanol–water partition coefficient (Wildman–Crippen LogP) is 1.89. The molecule has 10 nitrogen and oxygen atoms in total. The zero-order valence-electron chi connectivity index (χ0n) is 20.2. The van der Waals surface area contributed by atoms with Gasteiger partial charge in [0.15, 0.2) is 24.5 Å². The van der Waals surface area contributed by atoms with E-state index in [0.717, 1.165) is 17.7 Å². The molecule has 10 heteroatoms. The molecule has 1 aromatic carbocycles. The van der Waals surface area contributed by atoms with Gasteiger partial charge in [-0.3, -0.25) is 19.4 Å². The minimum Gasteiger partial charge on any atom is -0.456 e. The Morgan fingerprint density at radius 1 is 0.882 bits per heavy atom. The Bertz CT molecular complexity index is 918. The molecule has 2 N–H and O–H groups in total. The van der Waals surface area contributed by atoms with Gasteiger partial charge in [0.25, 0.3) is 0 Å². The highest BCUT2D eigenvalue weighted by atomic mass is 16.7. The van der Waals surface area contributed by atoms with Crippen molar-refractivity contribution in [2.45, 2.75) is 84.5 Å². The number of hydrogen-bond acceptors (Lipinski definition) is 10. The van der Waals surface area contributed by atoms with Gasteiger partial charge in [0.05, 0.1) is 0 Å². The summed E-state index contributed by atoms with van der Waals surface area (Å²) in [6.07, 6.45) is -0.564. The normalized spacial score (nSPS) is 26.3. The molecule has 0 spiro atoms. The number of benzene rings is 1. The van der Waals surface area contributed by atoms with Gasteiger partial charge in [0, 0.05) is 39.1 Å². The summed E-state index contributed by atoms with van der Waals surface area (Å²) in [5.74, 6) is -1.73. The molecule has 0 radical (unpaired) electrons. The van der Waals surface area contributed by atoms with Crippen molar-refractivity contribution in [2.75, 3.05) is 0 Å². The third kappa shape index (κ3) is 6.27. The van der Waals surface area contributed by atoms with E-state index in [1.807, 2.05) is 13.1 Å². The van der Waals surface area contributed by atoms with Gasteiger partial charge in [-0.1, -0.05) is 38.1 Å². The van der Waals surface area contributed by atoms with Crippen LogP contribution in [-0.2, 0) is 46.2 Å². The highest BCUT2D eigenvalue weighted by Crippen LogP contribution is 2.32. The van der Waals surface area contributed by atoms with Crippen molar-refractivity contribution in [2.24, 2.45) is 0 Å². The molecule has 0 amide bonds. The minimum absolute atomic E-state index is 0.473. The van der Waals surface area contributed by atoms with Crippen molar-refractivity contribution in [3.05, 3.63) is 47.3 Å². The van der Waals surface area contributed by atoms with Crippen molar-refractivity contribution < 1.29 is 33.3 Å². The van der Waals surface area contributed by atoms with Crippen LogP contribution in [0.2, 0.25) is 0 Å². The van der Waals surface area contributed by atoms with Crippen molar-refractivity contribution in [3.8, 4) is 0 Å². The lowest BCUT2D eigenvalue weighted by Gasteiger charge is -2.46. The van der Waals surface area contributed by atoms with Gasteiger partial charge >= 0.3 is 17.9 Å². The average molecular weight is 476 g/mol. The Morgan fingerprint density at radius 3 is 2.00 bits per heavy atom. The van der Waals surface area contributed by atoms with Gasteiger partial charge in [0.2, 0.25) is 0 Å². The zero-order valence-corrected chi connectivity index (χ0v) is 20.2. The summed E-state index contributed by atoms with van der Waals surface area (Å²) in [6.45, 7) is 7.74. The Hall–Kier alpha value is -3.11. The Labute approximate surface area is 199 Å². The molecule has 0 saturated carbocycles. The molecule has 0 aliphatic carbocycles. The summed E-state index contributed by atoms with van der Waals surface area (Å²) in [4.78, 5) is 35.6. The number of ether oxygens (including phenoxy) is 4. The number of nitrogens with zero attached hydrogens (tertiary/aromatic N) is 1. The number of nitrogens with one attached hydrogen (secondary N) is 2. The first-order valence-electron chi connectivity index (χ1n) is 11.5. The van der Waals surface area contributed by atoms with Crippen LogP contribution in [-0.4, -0.2) is 53.6 Å². The zero-order chi connectivity index (χ0) is 24.8. The molecule has 1 saturated heterocycles. The predicted molar refractivity (Wildman–Crippen MR) is 121 cm³/mol. The summed E-state index contributed by atoms with van der Waals surface area (Å²) in [5, 5.41) is 1.63. The molecule has 2 aliphatic heterocycles. The number of carbonyl (C=O) groups excluding carboxylic acids is 3. The van der Waals surface area contributed by atoms with Gasteiger partial charge in [0.1, 0.15) is 6.10 Å². The van der Waals surface area contributed by atoms with Gasteiger partial charge in [-0.05, 0) is 24.0 Å². The van der Waals surface area contributed by atoms with Crippen LogP contribution in [0.15, 0.2) is 36.2 Å². The van der Waals surface area contributed by atoms with E-state index in [9.17, 15) is 14.4 Å². The molecular formula is C24H33N3O7. The third-order valence-electron chi connectivity index (χ3n) is 5.66. The fourth-order valence-corrected chi connectivity index (χ4v) is 4.13. The molecule has 0 bridgehead atoms. The third-order valence-corrected chi connectivity index (χ3v) is 5.66. The average Bonchev–Trinajstić information content (AvgIpc) is 3.24. The van der Waals surface area contributed by atoms with E-state index in [0.29, 0.717) is 12.8 Å². The second kappa shape index (κ2) is 11.3. The number of carbonyl (C=O) groups is 3. The summed E-state index contributed by atoms with van der Waals surface area (Å²) < 4.78 is 22.7. The smallest absolute Gasteiger partial charge is 0.303 e. The lowest BCUT2D eigenvalue weighted by molar-refractivity contribution is -0.273. The quantitative estimate of drug-likeness (QED) is 0.427. The van der Waals surface area contributed by atoms with E-state index in [1.165, 1.54) is 26.3 Å². The van der Waals surface area contributed by atoms with E-state index in [1.54, 1.807) is 5.01 Å². The molecule has 34 heavy (non-hydrogen) atoms. The van der Waals surface area contributed by atoms with Gasteiger partial charge in [-0.15, -0.1) is 5.53 Å². The van der Waals surface area contributed by atoms with Crippen LogP contribution in [0.1, 0.15) is 52.2 Å². The van der Waals surface area contributed by atoms with E-state index in [2.05, 4.69) is 42.1 Å². The molecule has 0 aromatic heterocycles. The highest BCUT2D eigenvalue weighted by Gasteiger charge is 2.53. The second-order valence-electron chi connectivity index (χ2n) is 8.34. The maximum absolute atomic E-state index is 11.9. The van der Waals surface area contributed by atoms with Crippen molar-refractivity contribution in [3.63, 3.8) is 0 Å². The van der Waals surface area contributed by atoms with E-state index < -0.39 is 48.6 Å². The number of esters is 3. The van der Waals surface area contributed by atoms with Crippen LogP contribution in [0, 0.1) is 0 Å². The molecule has 3 rings (SSSR count). The Balaban J connectivity index is 1.87. The molecule has 1 fully saturated rings. The molecular weight excluding hydrogens is 442 g/mol. The molecule has 186 valence electrons. The van der Waals surface area contributed by atoms with E-state index >= 15 is 0 Å². The number of allylic oxidation sites excluding steroid dienone is 1. The Morgan fingerprint density at radius 2 is 1.44 bits per heavy atom. The van der Waals surface area contributed by atoms with E-state index in [-0.39, 0.29) is 0 Å². The van der Waals surface area contributed by atoms with Crippen LogP contribution in [0.5, 0.6) is 0 Å². The molecule has 5 atom stereocenters. The second-order valence-corrected chi connectivity index (χ2v) is 8.34. The summed E-state index contributed by atoms with van der Waals surface area (Å²) >= 11 is 0.